The van der Waals surface area contributed by atoms with E-state index in [1.165, 1.54) is 24.3 Å². The maximum atomic E-state index is 11.8. The van der Waals surface area contributed by atoms with Crippen molar-refractivity contribution in [3.05, 3.63) is 39.9 Å². The standard InChI is InChI=1S/C13H15NO5/c15-11-3-1-2-4-12(11)19-13(16)9-5-7-10(8-6-9)14(17)18/h5-8,11-12,15H,1-4H2. The Bertz CT molecular complexity index is 470. The Morgan fingerprint density at radius 2 is 1.89 bits per heavy atom. The van der Waals surface area contributed by atoms with E-state index in [1.807, 2.05) is 0 Å². The first kappa shape index (κ1) is 13.5. The molecule has 0 amide bonds. The zero-order valence-electron chi connectivity index (χ0n) is 10.3. The van der Waals surface area contributed by atoms with Gasteiger partial charge in [-0.1, -0.05) is 6.42 Å². The van der Waals surface area contributed by atoms with E-state index in [2.05, 4.69) is 0 Å². The van der Waals surface area contributed by atoms with Crippen LogP contribution in [0.15, 0.2) is 24.3 Å². The first-order valence-electron chi connectivity index (χ1n) is 6.21. The molecular formula is C13H15NO5. The van der Waals surface area contributed by atoms with Crippen LogP contribution in [0.4, 0.5) is 5.69 Å². The van der Waals surface area contributed by atoms with Crippen molar-refractivity contribution in [1.29, 1.82) is 0 Å². The van der Waals surface area contributed by atoms with Gasteiger partial charge < -0.3 is 9.84 Å². The predicted molar refractivity (Wildman–Crippen MR) is 66.8 cm³/mol. The van der Waals surface area contributed by atoms with Crippen LogP contribution in [0.2, 0.25) is 0 Å². The third kappa shape index (κ3) is 3.29. The molecule has 2 unspecified atom stereocenters. The second kappa shape index (κ2) is 5.79. The van der Waals surface area contributed by atoms with Crippen LogP contribution in [0.25, 0.3) is 0 Å². The number of benzene rings is 1. The van der Waals surface area contributed by atoms with Crippen LogP contribution in [-0.4, -0.2) is 28.2 Å². The molecule has 0 aromatic heterocycles. The normalized spacial score (nSPS) is 22.8. The minimum absolute atomic E-state index is 0.0748. The van der Waals surface area contributed by atoms with Crippen LogP contribution >= 0.6 is 0 Å². The Morgan fingerprint density at radius 3 is 2.47 bits per heavy atom. The first-order valence-corrected chi connectivity index (χ1v) is 6.21. The van der Waals surface area contributed by atoms with E-state index in [0.29, 0.717) is 12.8 Å². The van der Waals surface area contributed by atoms with Gasteiger partial charge in [-0.2, -0.15) is 0 Å². The fraction of sp³-hybridized carbons (Fsp3) is 0.462. The summed E-state index contributed by atoms with van der Waals surface area (Å²) in [6, 6.07) is 5.23. The number of carbonyl (C=O) groups excluding carboxylic acids is 1. The fourth-order valence-electron chi connectivity index (χ4n) is 2.14. The van der Waals surface area contributed by atoms with Gasteiger partial charge in [0.15, 0.2) is 0 Å². The van der Waals surface area contributed by atoms with Crippen molar-refractivity contribution >= 4 is 11.7 Å². The van der Waals surface area contributed by atoms with Crippen LogP contribution in [0, 0.1) is 10.1 Å². The first-order chi connectivity index (χ1) is 9.08. The van der Waals surface area contributed by atoms with E-state index >= 15 is 0 Å². The highest BCUT2D eigenvalue weighted by molar-refractivity contribution is 5.89. The fourth-order valence-corrected chi connectivity index (χ4v) is 2.14. The molecule has 0 aliphatic heterocycles. The Morgan fingerprint density at radius 1 is 1.26 bits per heavy atom. The second-order valence-corrected chi connectivity index (χ2v) is 4.60. The van der Waals surface area contributed by atoms with Gasteiger partial charge in [-0.05, 0) is 31.4 Å². The summed E-state index contributed by atoms with van der Waals surface area (Å²) in [6.45, 7) is 0. The van der Waals surface area contributed by atoms with Crippen molar-refractivity contribution in [3.8, 4) is 0 Å². The van der Waals surface area contributed by atoms with Crippen molar-refractivity contribution in [2.24, 2.45) is 0 Å². The van der Waals surface area contributed by atoms with E-state index in [1.54, 1.807) is 0 Å². The third-order valence-electron chi connectivity index (χ3n) is 3.24. The lowest BCUT2D eigenvalue weighted by molar-refractivity contribution is -0.384. The maximum Gasteiger partial charge on any atom is 0.338 e. The average molecular weight is 265 g/mol. The lowest BCUT2D eigenvalue weighted by Crippen LogP contribution is -2.34. The van der Waals surface area contributed by atoms with Gasteiger partial charge in [0, 0.05) is 12.1 Å². The van der Waals surface area contributed by atoms with Crippen molar-refractivity contribution in [1.82, 2.24) is 0 Å². The number of hydrogen-bond donors (Lipinski definition) is 1. The lowest BCUT2D eigenvalue weighted by atomic mass is 9.95. The number of nitrogens with zero attached hydrogens (tertiary/aromatic N) is 1. The molecule has 102 valence electrons. The SMILES string of the molecule is O=C(OC1CCCCC1O)c1ccc([N+](=O)[O-])cc1. The molecule has 0 bridgehead atoms. The van der Waals surface area contributed by atoms with Gasteiger partial charge in [-0.25, -0.2) is 4.79 Å². The summed E-state index contributed by atoms with van der Waals surface area (Å²) in [4.78, 5) is 21.8. The van der Waals surface area contributed by atoms with E-state index in [9.17, 15) is 20.0 Å². The van der Waals surface area contributed by atoms with Crippen LogP contribution in [0.5, 0.6) is 0 Å². The van der Waals surface area contributed by atoms with E-state index in [-0.39, 0.29) is 11.3 Å². The van der Waals surface area contributed by atoms with Crippen molar-refractivity contribution in [2.45, 2.75) is 37.9 Å². The molecule has 6 heteroatoms. The van der Waals surface area contributed by atoms with Crippen LogP contribution < -0.4 is 0 Å². The highest BCUT2D eigenvalue weighted by atomic mass is 16.6. The highest BCUT2D eigenvalue weighted by Crippen LogP contribution is 2.22. The van der Waals surface area contributed by atoms with Gasteiger partial charge in [0.05, 0.1) is 16.6 Å². The molecule has 1 N–H and O–H groups in total. The maximum absolute atomic E-state index is 11.8. The summed E-state index contributed by atoms with van der Waals surface area (Å²) >= 11 is 0. The predicted octanol–water partition coefficient (Wildman–Crippen LogP) is 2.06. The summed E-state index contributed by atoms with van der Waals surface area (Å²) in [5.41, 5.74) is 0.178. The molecule has 6 nitrogen and oxygen atoms in total. The minimum atomic E-state index is -0.615. The van der Waals surface area contributed by atoms with Gasteiger partial charge in [-0.15, -0.1) is 0 Å². The van der Waals surface area contributed by atoms with Gasteiger partial charge in [0.2, 0.25) is 0 Å². The van der Waals surface area contributed by atoms with E-state index < -0.39 is 23.1 Å². The van der Waals surface area contributed by atoms with Crippen molar-refractivity contribution in [2.75, 3.05) is 0 Å². The number of nitro groups is 1. The molecule has 1 aliphatic rings. The number of aliphatic hydroxyl groups is 1. The van der Waals surface area contributed by atoms with Crippen molar-refractivity contribution in [3.63, 3.8) is 0 Å². The van der Waals surface area contributed by atoms with Gasteiger partial charge in [-0.3, -0.25) is 10.1 Å². The molecule has 0 radical (unpaired) electrons. The topological polar surface area (TPSA) is 89.7 Å². The second-order valence-electron chi connectivity index (χ2n) is 4.60. The number of hydrogen-bond acceptors (Lipinski definition) is 5. The zero-order chi connectivity index (χ0) is 13.8. The van der Waals surface area contributed by atoms with Crippen molar-refractivity contribution < 1.29 is 19.6 Å². The van der Waals surface area contributed by atoms with Gasteiger partial charge in [0.1, 0.15) is 6.10 Å². The Kier molecular flexibility index (Phi) is 4.11. The van der Waals surface area contributed by atoms with Gasteiger partial charge in [0.25, 0.3) is 5.69 Å². The molecule has 0 heterocycles. The summed E-state index contributed by atoms with van der Waals surface area (Å²) in [5.74, 6) is -0.555. The average Bonchev–Trinajstić information content (AvgIpc) is 2.41. The number of esters is 1. The third-order valence-corrected chi connectivity index (χ3v) is 3.24. The molecule has 1 saturated carbocycles. The monoisotopic (exact) mass is 265 g/mol. The molecule has 1 fully saturated rings. The Balaban J connectivity index is 2.01. The molecule has 0 saturated heterocycles. The van der Waals surface area contributed by atoms with E-state index in [0.717, 1.165) is 12.8 Å². The highest BCUT2D eigenvalue weighted by Gasteiger charge is 2.26. The molecule has 0 spiro atoms. The summed E-state index contributed by atoms with van der Waals surface area (Å²) in [7, 11) is 0. The molecule has 2 atom stereocenters. The van der Waals surface area contributed by atoms with Crippen LogP contribution in [-0.2, 0) is 4.74 Å². The number of nitro benzene ring substituents is 1. The largest absolute Gasteiger partial charge is 0.456 e. The van der Waals surface area contributed by atoms with E-state index in [4.69, 9.17) is 4.74 Å². The molecule has 19 heavy (non-hydrogen) atoms. The zero-order valence-corrected chi connectivity index (χ0v) is 10.3. The molecule has 1 aromatic rings. The Hall–Kier alpha value is -1.95. The lowest BCUT2D eigenvalue weighted by Gasteiger charge is -2.27. The number of carbonyl (C=O) groups is 1. The number of aliphatic hydroxyl groups excluding tert-OH is 1. The van der Waals surface area contributed by atoms with Crippen LogP contribution in [0.3, 0.4) is 0 Å². The number of non-ortho nitro benzene ring substituents is 1. The van der Waals surface area contributed by atoms with Crippen LogP contribution in [0.1, 0.15) is 36.0 Å². The minimum Gasteiger partial charge on any atom is -0.456 e. The number of rotatable bonds is 3. The Labute approximate surface area is 110 Å². The summed E-state index contributed by atoms with van der Waals surface area (Å²) in [6.07, 6.45) is 2.06. The van der Waals surface area contributed by atoms with Gasteiger partial charge >= 0.3 is 5.97 Å². The molecule has 2 rings (SSSR count). The molecular weight excluding hydrogens is 250 g/mol. The smallest absolute Gasteiger partial charge is 0.338 e. The summed E-state index contributed by atoms with van der Waals surface area (Å²) < 4.78 is 5.23. The molecule has 1 aromatic carbocycles. The summed E-state index contributed by atoms with van der Waals surface area (Å²) in [5, 5.41) is 20.2. The molecule has 1 aliphatic carbocycles. The number of ether oxygens (including phenoxy) is 1. The quantitative estimate of drug-likeness (QED) is 0.513.